The molecule has 0 aromatic heterocycles. The number of carbonyl (C=O) groups excluding carboxylic acids is 1. The maximum absolute atomic E-state index is 13.1. The van der Waals surface area contributed by atoms with Gasteiger partial charge in [-0.3, -0.25) is 4.79 Å². The second-order valence-corrected chi connectivity index (χ2v) is 6.80. The third kappa shape index (κ3) is 4.45. The smallest absolute Gasteiger partial charge is 0.248 e. The minimum atomic E-state index is -0.986. The van der Waals surface area contributed by atoms with E-state index in [-0.39, 0.29) is 5.91 Å². The molecule has 4 nitrogen and oxygen atoms in total. The van der Waals surface area contributed by atoms with Crippen molar-refractivity contribution in [2.24, 2.45) is 0 Å². The van der Waals surface area contributed by atoms with Crippen molar-refractivity contribution >= 4 is 23.2 Å². The van der Waals surface area contributed by atoms with E-state index < -0.39 is 4.87 Å². The van der Waals surface area contributed by atoms with E-state index in [0.717, 1.165) is 5.56 Å². The molecular formula is C20H24ClNO3. The van der Waals surface area contributed by atoms with Crippen LogP contribution in [0.1, 0.15) is 25.8 Å². The predicted octanol–water partition coefficient (Wildman–Crippen LogP) is 4.64. The van der Waals surface area contributed by atoms with Gasteiger partial charge in [0.1, 0.15) is 16.4 Å². The van der Waals surface area contributed by atoms with Crippen LogP contribution in [0.25, 0.3) is 0 Å². The molecule has 0 N–H and O–H groups in total. The molecule has 0 radical (unpaired) electrons. The molecule has 0 aliphatic rings. The lowest BCUT2D eigenvalue weighted by Gasteiger charge is -2.31. The first-order chi connectivity index (χ1) is 11.9. The van der Waals surface area contributed by atoms with Crippen LogP contribution >= 0.6 is 11.6 Å². The largest absolute Gasteiger partial charge is 0.497 e. The summed E-state index contributed by atoms with van der Waals surface area (Å²) < 4.78 is 10.7. The Balaban J connectivity index is 2.49. The first-order valence-corrected chi connectivity index (χ1v) is 8.57. The third-order valence-electron chi connectivity index (χ3n) is 4.22. The summed E-state index contributed by atoms with van der Waals surface area (Å²) in [6.07, 6.45) is 0.525. The Kier molecular flexibility index (Phi) is 6.32. The normalized spacial score (nSPS) is 13.0. The predicted molar refractivity (Wildman–Crippen MR) is 102 cm³/mol. The van der Waals surface area contributed by atoms with Gasteiger partial charge in [0, 0.05) is 6.07 Å². The molecule has 0 bridgehead atoms. The number of anilines is 1. The Labute approximate surface area is 154 Å². The number of benzene rings is 2. The number of hydrogen-bond donors (Lipinski definition) is 0. The first kappa shape index (κ1) is 19.1. The topological polar surface area (TPSA) is 38.8 Å². The average Bonchev–Trinajstić information content (AvgIpc) is 2.65. The monoisotopic (exact) mass is 361 g/mol. The number of nitrogens with zero attached hydrogens (tertiary/aromatic N) is 1. The van der Waals surface area contributed by atoms with E-state index in [2.05, 4.69) is 0 Å². The van der Waals surface area contributed by atoms with E-state index in [9.17, 15) is 4.79 Å². The molecule has 0 heterocycles. The van der Waals surface area contributed by atoms with Gasteiger partial charge in [0.05, 0.1) is 26.5 Å². The molecule has 0 spiro atoms. The lowest BCUT2D eigenvalue weighted by atomic mass is 10.0. The van der Waals surface area contributed by atoms with Crippen LogP contribution in [0, 0.1) is 0 Å². The highest BCUT2D eigenvalue weighted by molar-refractivity contribution is 6.36. The van der Waals surface area contributed by atoms with E-state index in [4.69, 9.17) is 21.1 Å². The molecule has 1 amide bonds. The lowest BCUT2D eigenvalue weighted by molar-refractivity contribution is -0.121. The fourth-order valence-corrected chi connectivity index (χ4v) is 2.57. The van der Waals surface area contributed by atoms with Crippen LogP contribution in [-0.4, -0.2) is 25.0 Å². The molecule has 2 rings (SSSR count). The van der Waals surface area contributed by atoms with Gasteiger partial charge < -0.3 is 14.4 Å². The summed E-state index contributed by atoms with van der Waals surface area (Å²) in [6, 6.07) is 15.2. The molecule has 0 fully saturated rings. The van der Waals surface area contributed by atoms with Gasteiger partial charge in [-0.15, -0.1) is 11.6 Å². The summed E-state index contributed by atoms with van der Waals surface area (Å²) in [4.78, 5) is 13.8. The molecule has 0 aliphatic carbocycles. The standard InChI is InChI=1S/C20H24ClNO3/c1-5-20(2,21)19(23)22(14-15-9-7-6-8-10-15)17-12-11-16(24-3)13-18(17)25-4/h6-13H,5,14H2,1-4H3. The lowest BCUT2D eigenvalue weighted by Crippen LogP contribution is -2.43. The molecule has 1 unspecified atom stereocenters. The van der Waals surface area contributed by atoms with Crippen LogP contribution < -0.4 is 14.4 Å². The van der Waals surface area contributed by atoms with E-state index in [1.165, 1.54) is 0 Å². The summed E-state index contributed by atoms with van der Waals surface area (Å²) in [5.41, 5.74) is 1.68. The fraction of sp³-hybridized carbons (Fsp3) is 0.350. The molecular weight excluding hydrogens is 338 g/mol. The van der Waals surface area contributed by atoms with Gasteiger partial charge in [-0.1, -0.05) is 37.3 Å². The average molecular weight is 362 g/mol. The van der Waals surface area contributed by atoms with E-state index >= 15 is 0 Å². The summed E-state index contributed by atoms with van der Waals surface area (Å²) in [5, 5.41) is 0. The van der Waals surface area contributed by atoms with Crippen LogP contribution in [0.3, 0.4) is 0 Å². The van der Waals surface area contributed by atoms with Crippen molar-refractivity contribution in [1.29, 1.82) is 0 Å². The molecule has 2 aromatic carbocycles. The first-order valence-electron chi connectivity index (χ1n) is 8.19. The van der Waals surface area contributed by atoms with Crippen molar-refractivity contribution in [3.63, 3.8) is 0 Å². The SMILES string of the molecule is CCC(C)(Cl)C(=O)N(Cc1ccccc1)c1ccc(OC)cc1OC. The van der Waals surface area contributed by atoms with E-state index in [1.807, 2.05) is 43.3 Å². The van der Waals surface area contributed by atoms with Gasteiger partial charge in [-0.2, -0.15) is 0 Å². The molecule has 0 saturated heterocycles. The summed E-state index contributed by atoms with van der Waals surface area (Å²) in [6.45, 7) is 4.05. The van der Waals surface area contributed by atoms with Crippen LogP contribution in [0.4, 0.5) is 5.69 Å². The second kappa shape index (κ2) is 8.26. The van der Waals surface area contributed by atoms with Gasteiger partial charge >= 0.3 is 0 Å². The van der Waals surface area contributed by atoms with Crippen LogP contribution in [0.2, 0.25) is 0 Å². The number of ether oxygens (including phenoxy) is 2. The highest BCUT2D eigenvalue weighted by Gasteiger charge is 2.34. The zero-order valence-electron chi connectivity index (χ0n) is 15.1. The molecule has 25 heavy (non-hydrogen) atoms. The fourth-order valence-electron chi connectivity index (χ4n) is 2.47. The number of methoxy groups -OCH3 is 2. The third-order valence-corrected chi connectivity index (χ3v) is 4.65. The maximum Gasteiger partial charge on any atom is 0.248 e. The van der Waals surface area contributed by atoms with Gasteiger partial charge in [-0.25, -0.2) is 0 Å². The minimum Gasteiger partial charge on any atom is -0.497 e. The Morgan fingerprint density at radius 2 is 1.80 bits per heavy atom. The van der Waals surface area contributed by atoms with Gasteiger partial charge in [0.15, 0.2) is 0 Å². The van der Waals surface area contributed by atoms with E-state index in [0.29, 0.717) is 30.2 Å². The molecule has 5 heteroatoms. The summed E-state index contributed by atoms with van der Waals surface area (Å²) >= 11 is 6.48. The van der Waals surface area contributed by atoms with E-state index in [1.54, 1.807) is 38.2 Å². The van der Waals surface area contributed by atoms with Crippen molar-refractivity contribution in [2.45, 2.75) is 31.7 Å². The molecule has 1 atom stereocenters. The summed E-state index contributed by atoms with van der Waals surface area (Å²) in [5.74, 6) is 1.06. The van der Waals surface area contributed by atoms with Crippen LogP contribution in [-0.2, 0) is 11.3 Å². The van der Waals surface area contributed by atoms with Crippen molar-refractivity contribution in [3.05, 3.63) is 54.1 Å². The number of halogens is 1. The van der Waals surface area contributed by atoms with Crippen molar-refractivity contribution < 1.29 is 14.3 Å². The number of carbonyl (C=O) groups is 1. The quantitative estimate of drug-likeness (QED) is 0.674. The Morgan fingerprint density at radius 1 is 1.12 bits per heavy atom. The Hall–Kier alpha value is -2.20. The molecule has 134 valence electrons. The highest BCUT2D eigenvalue weighted by atomic mass is 35.5. The molecule has 2 aromatic rings. The molecule has 0 saturated carbocycles. The van der Waals surface area contributed by atoms with Gasteiger partial charge in [0.2, 0.25) is 5.91 Å². The number of amides is 1. The Bertz CT molecular complexity index is 716. The Morgan fingerprint density at radius 3 is 2.36 bits per heavy atom. The highest BCUT2D eigenvalue weighted by Crippen LogP contribution is 2.36. The van der Waals surface area contributed by atoms with Crippen molar-refractivity contribution in [1.82, 2.24) is 0 Å². The van der Waals surface area contributed by atoms with Crippen molar-refractivity contribution in [3.8, 4) is 11.5 Å². The van der Waals surface area contributed by atoms with Gasteiger partial charge in [0.25, 0.3) is 0 Å². The summed E-state index contributed by atoms with van der Waals surface area (Å²) in [7, 11) is 3.16. The minimum absolute atomic E-state index is 0.163. The zero-order chi connectivity index (χ0) is 18.4. The van der Waals surface area contributed by atoms with Crippen molar-refractivity contribution in [2.75, 3.05) is 19.1 Å². The van der Waals surface area contributed by atoms with Gasteiger partial charge in [-0.05, 0) is 31.0 Å². The van der Waals surface area contributed by atoms with Crippen LogP contribution in [0.5, 0.6) is 11.5 Å². The maximum atomic E-state index is 13.1. The zero-order valence-corrected chi connectivity index (χ0v) is 15.8. The van der Waals surface area contributed by atoms with Crippen LogP contribution in [0.15, 0.2) is 48.5 Å². The molecule has 0 aliphatic heterocycles. The second-order valence-electron chi connectivity index (χ2n) is 5.97. The number of alkyl halides is 1. The number of rotatable bonds is 7. The number of hydrogen-bond acceptors (Lipinski definition) is 3.